The number of nitrogens with zero attached hydrogens (tertiary/aromatic N) is 3. The lowest BCUT2D eigenvalue weighted by atomic mass is 10.1. The Balaban J connectivity index is 1.70. The van der Waals surface area contributed by atoms with Crippen molar-refractivity contribution >= 4 is 23.3 Å². The normalized spacial score (nSPS) is 13.4. The van der Waals surface area contributed by atoms with Crippen LogP contribution in [0.3, 0.4) is 0 Å². The van der Waals surface area contributed by atoms with Crippen LogP contribution in [0, 0.1) is 0 Å². The molecule has 1 aromatic heterocycles. The molecule has 2 heterocycles. The molecule has 132 valence electrons. The summed E-state index contributed by atoms with van der Waals surface area (Å²) < 4.78 is 10.9. The average Bonchev–Trinajstić information content (AvgIpc) is 3.12. The molecule has 2 N–H and O–H groups in total. The molecule has 0 aliphatic carbocycles. The number of rotatable bonds is 4. The van der Waals surface area contributed by atoms with E-state index in [0.717, 1.165) is 15.7 Å². The fourth-order valence-corrected chi connectivity index (χ4v) is 2.76. The van der Waals surface area contributed by atoms with Crippen LogP contribution in [0.5, 0.6) is 5.75 Å². The first-order chi connectivity index (χ1) is 12.7. The summed E-state index contributed by atoms with van der Waals surface area (Å²) in [5.41, 5.74) is 2.13. The molecule has 0 unspecified atom stereocenters. The second kappa shape index (κ2) is 6.41. The van der Waals surface area contributed by atoms with Crippen LogP contribution in [0.25, 0.3) is 11.3 Å². The van der Waals surface area contributed by atoms with Crippen LogP contribution in [0.1, 0.15) is 6.92 Å². The first kappa shape index (κ1) is 16.0. The number of carbonyl (C=O) groups excluding carboxylic acids is 1. The first-order valence-electron chi connectivity index (χ1n) is 8.07. The Kier molecular flexibility index (Phi) is 3.94. The van der Waals surface area contributed by atoms with Crippen LogP contribution in [0.4, 0.5) is 22.1 Å². The fourth-order valence-electron chi connectivity index (χ4n) is 2.76. The van der Waals surface area contributed by atoms with Gasteiger partial charge in [-0.15, -0.1) is 10.2 Å². The number of ether oxygens (including phenoxy) is 1. The molecule has 0 saturated heterocycles. The van der Waals surface area contributed by atoms with Gasteiger partial charge in [0.05, 0.1) is 12.3 Å². The Hall–Kier alpha value is -3.52. The molecule has 8 nitrogen and oxygen atoms in total. The maximum absolute atomic E-state index is 12.4. The van der Waals surface area contributed by atoms with Gasteiger partial charge in [0, 0.05) is 11.6 Å². The largest absolute Gasteiger partial charge is 0.493 e. The third kappa shape index (κ3) is 2.62. The minimum Gasteiger partial charge on any atom is -0.493 e. The van der Waals surface area contributed by atoms with E-state index >= 15 is 0 Å². The molecular formula is C18H16N4O4. The van der Waals surface area contributed by atoms with Gasteiger partial charge in [0.1, 0.15) is 17.1 Å². The van der Waals surface area contributed by atoms with Crippen LogP contribution >= 0.6 is 0 Å². The number of para-hydroxylation sites is 3. The summed E-state index contributed by atoms with van der Waals surface area (Å²) in [5, 5.41) is 18.8. The van der Waals surface area contributed by atoms with Crippen LogP contribution in [0.15, 0.2) is 59.1 Å². The van der Waals surface area contributed by atoms with Crippen LogP contribution in [-0.2, 0) is 0 Å². The van der Waals surface area contributed by atoms with Gasteiger partial charge >= 0.3 is 6.03 Å². The van der Waals surface area contributed by atoms with E-state index in [9.17, 15) is 10.0 Å². The number of hydrazine groups is 1. The first-order valence-corrected chi connectivity index (χ1v) is 8.07. The van der Waals surface area contributed by atoms with Crippen LogP contribution < -0.4 is 20.2 Å². The van der Waals surface area contributed by atoms with Crippen molar-refractivity contribution in [1.29, 1.82) is 0 Å². The maximum Gasteiger partial charge on any atom is 0.350 e. The molecule has 0 atom stereocenters. The lowest BCUT2D eigenvalue weighted by Gasteiger charge is -2.33. The summed E-state index contributed by atoms with van der Waals surface area (Å²) in [6, 6.07) is 15.3. The molecule has 4 rings (SSSR count). The topological polar surface area (TPSA) is 91.1 Å². The van der Waals surface area contributed by atoms with Crippen LogP contribution in [0.2, 0.25) is 0 Å². The van der Waals surface area contributed by atoms with E-state index in [0.29, 0.717) is 29.4 Å². The number of hydrogen-bond donors (Lipinski definition) is 2. The minimum absolute atomic E-state index is 0.0702. The lowest BCUT2D eigenvalue weighted by Crippen LogP contribution is -2.50. The number of benzene rings is 2. The smallest absolute Gasteiger partial charge is 0.350 e. The van der Waals surface area contributed by atoms with Crippen molar-refractivity contribution in [3.05, 3.63) is 54.6 Å². The summed E-state index contributed by atoms with van der Waals surface area (Å²) in [7, 11) is 0. The van der Waals surface area contributed by atoms with Gasteiger partial charge in [0.15, 0.2) is 0 Å². The number of anilines is 3. The molecule has 0 fully saturated rings. The predicted molar refractivity (Wildman–Crippen MR) is 95.3 cm³/mol. The lowest BCUT2D eigenvalue weighted by molar-refractivity contribution is 0.215. The van der Waals surface area contributed by atoms with Gasteiger partial charge in [-0.25, -0.2) is 4.79 Å². The number of carbonyl (C=O) groups is 1. The number of fused-ring (bicyclic) bond motifs is 1. The molecule has 2 aromatic carbocycles. The van der Waals surface area contributed by atoms with E-state index in [4.69, 9.17) is 9.26 Å². The highest BCUT2D eigenvalue weighted by atomic mass is 16.6. The quantitative estimate of drug-likeness (QED) is 0.740. The van der Waals surface area contributed by atoms with Gasteiger partial charge < -0.3 is 14.6 Å². The second-order valence-corrected chi connectivity index (χ2v) is 5.53. The minimum atomic E-state index is -0.563. The van der Waals surface area contributed by atoms with Crippen molar-refractivity contribution in [1.82, 2.24) is 5.16 Å². The molecule has 2 amide bonds. The van der Waals surface area contributed by atoms with E-state index in [1.807, 2.05) is 31.2 Å². The highest BCUT2D eigenvalue weighted by Gasteiger charge is 2.33. The summed E-state index contributed by atoms with van der Waals surface area (Å²) in [4.78, 5) is 12.4. The number of amides is 2. The summed E-state index contributed by atoms with van der Waals surface area (Å²) in [6.07, 6.45) is 0. The Morgan fingerprint density at radius 1 is 1.19 bits per heavy atom. The van der Waals surface area contributed by atoms with Crippen molar-refractivity contribution in [3.8, 4) is 17.0 Å². The second-order valence-electron chi connectivity index (χ2n) is 5.53. The van der Waals surface area contributed by atoms with E-state index in [1.165, 1.54) is 0 Å². The average molecular weight is 352 g/mol. The molecule has 26 heavy (non-hydrogen) atoms. The van der Waals surface area contributed by atoms with E-state index in [1.54, 1.807) is 30.3 Å². The fraction of sp³-hybridized carbons (Fsp3) is 0.111. The summed E-state index contributed by atoms with van der Waals surface area (Å²) in [6.45, 7) is 2.40. The molecule has 0 saturated carbocycles. The van der Waals surface area contributed by atoms with E-state index in [2.05, 4.69) is 10.5 Å². The number of hydrogen-bond acceptors (Lipinski definition) is 6. The zero-order valence-corrected chi connectivity index (χ0v) is 13.9. The molecule has 0 spiro atoms. The van der Waals surface area contributed by atoms with E-state index < -0.39 is 6.03 Å². The molecule has 1 aliphatic heterocycles. The SMILES string of the molecule is CCOc1ccccc1-c1cc(N2C(=O)Nc3ccccc3N2O)on1. The number of nitrogens with one attached hydrogen (secondary N) is 1. The molecule has 0 bridgehead atoms. The zero-order chi connectivity index (χ0) is 18.1. The highest BCUT2D eigenvalue weighted by molar-refractivity contribution is 6.07. The summed E-state index contributed by atoms with van der Waals surface area (Å²) >= 11 is 0. The molecule has 0 radical (unpaired) electrons. The monoisotopic (exact) mass is 352 g/mol. The standard InChI is InChI=1S/C18H16N4O4/c1-2-25-16-10-6-3-7-12(16)14-11-17(26-20-14)21-18(23)19-13-8-4-5-9-15(13)22(21)24/h3-11,24H,2H2,1H3,(H,19,23). The third-order valence-corrected chi connectivity index (χ3v) is 3.91. The van der Waals surface area contributed by atoms with Gasteiger partial charge in [-0.2, -0.15) is 0 Å². The predicted octanol–water partition coefficient (Wildman–Crippen LogP) is 3.90. The Morgan fingerprint density at radius 2 is 1.96 bits per heavy atom. The van der Waals surface area contributed by atoms with Crippen molar-refractivity contribution in [2.75, 3.05) is 22.1 Å². The zero-order valence-electron chi connectivity index (χ0n) is 13.9. The Morgan fingerprint density at radius 3 is 2.81 bits per heavy atom. The number of aromatic nitrogens is 1. The van der Waals surface area contributed by atoms with Crippen molar-refractivity contribution in [2.45, 2.75) is 6.92 Å². The Labute approximate surface area is 149 Å². The van der Waals surface area contributed by atoms with Gasteiger partial charge in [-0.05, 0) is 31.2 Å². The maximum atomic E-state index is 12.4. The van der Waals surface area contributed by atoms with Gasteiger partial charge in [-0.3, -0.25) is 5.21 Å². The van der Waals surface area contributed by atoms with Gasteiger partial charge in [-0.1, -0.05) is 29.4 Å². The molecule has 1 aliphatic rings. The molecular weight excluding hydrogens is 336 g/mol. The van der Waals surface area contributed by atoms with Gasteiger partial charge in [0.2, 0.25) is 0 Å². The third-order valence-electron chi connectivity index (χ3n) is 3.91. The summed E-state index contributed by atoms with van der Waals surface area (Å²) in [5.74, 6) is 0.727. The molecule has 8 heteroatoms. The van der Waals surface area contributed by atoms with Crippen molar-refractivity contribution in [3.63, 3.8) is 0 Å². The Bertz CT molecular complexity index is 956. The van der Waals surface area contributed by atoms with Crippen molar-refractivity contribution < 1.29 is 19.3 Å². The van der Waals surface area contributed by atoms with Crippen molar-refractivity contribution in [2.24, 2.45) is 0 Å². The highest BCUT2D eigenvalue weighted by Crippen LogP contribution is 2.36. The molecule has 3 aromatic rings. The van der Waals surface area contributed by atoms with E-state index in [-0.39, 0.29) is 5.88 Å². The van der Waals surface area contributed by atoms with Gasteiger partial charge in [0.25, 0.3) is 5.88 Å². The number of urea groups is 1. The van der Waals surface area contributed by atoms with Crippen LogP contribution in [-0.4, -0.2) is 23.0 Å².